The number of aromatic nitrogens is 2. The number of fused-ring (bicyclic) bond motifs is 7. The summed E-state index contributed by atoms with van der Waals surface area (Å²) in [6.45, 7) is 4.48. The predicted octanol–water partition coefficient (Wildman–Crippen LogP) is 2.38. The summed E-state index contributed by atoms with van der Waals surface area (Å²) in [5, 5.41) is 0. The molecule has 198 valence electrons. The summed E-state index contributed by atoms with van der Waals surface area (Å²) in [7, 11) is 0.977. The molecule has 37 heavy (non-hydrogen) atoms. The molecule has 0 amide bonds. The van der Waals surface area contributed by atoms with Crippen molar-refractivity contribution < 1.29 is 22.6 Å². The summed E-state index contributed by atoms with van der Waals surface area (Å²) in [4.78, 5) is 6.99. The molecule has 2 aromatic carbocycles. The van der Waals surface area contributed by atoms with Gasteiger partial charge in [0, 0.05) is 70.5 Å². The maximum absolute atomic E-state index is 13.3. The SMILES string of the molecule is COc1ccc2cc1OCCN(S(=O)(=O)N(C)C)Cc1cc(CN3CCOCC3)cc(c1)-n1ccnc1-2. The van der Waals surface area contributed by atoms with E-state index in [4.69, 9.17) is 14.2 Å². The number of ether oxygens (including phenoxy) is 3. The largest absolute Gasteiger partial charge is 0.493 e. The molecule has 0 aliphatic carbocycles. The third-order valence-corrected chi connectivity index (χ3v) is 8.52. The molecule has 0 N–H and O–H groups in total. The van der Waals surface area contributed by atoms with Gasteiger partial charge in [0.25, 0.3) is 10.2 Å². The van der Waals surface area contributed by atoms with Gasteiger partial charge in [-0.15, -0.1) is 0 Å². The first-order valence-electron chi connectivity index (χ1n) is 12.3. The first-order valence-corrected chi connectivity index (χ1v) is 13.7. The number of imidazole rings is 1. The minimum atomic E-state index is -3.69. The molecule has 2 aliphatic heterocycles. The van der Waals surface area contributed by atoms with Crippen LogP contribution in [0.4, 0.5) is 0 Å². The van der Waals surface area contributed by atoms with Gasteiger partial charge in [0.15, 0.2) is 11.5 Å². The van der Waals surface area contributed by atoms with E-state index in [1.165, 1.54) is 8.61 Å². The summed E-state index contributed by atoms with van der Waals surface area (Å²) < 4.78 is 48.3. The van der Waals surface area contributed by atoms with Crippen LogP contribution in [0.15, 0.2) is 48.8 Å². The Balaban J connectivity index is 1.63. The lowest BCUT2D eigenvalue weighted by Crippen LogP contribution is -2.41. The number of rotatable bonds is 5. The Hall–Kier alpha value is -2.96. The first-order chi connectivity index (χ1) is 17.8. The van der Waals surface area contributed by atoms with E-state index in [0.29, 0.717) is 24.7 Å². The molecule has 11 heteroatoms. The van der Waals surface area contributed by atoms with Crippen LogP contribution in [-0.4, -0.2) is 92.1 Å². The fourth-order valence-electron chi connectivity index (χ4n) is 4.70. The molecule has 3 aromatic rings. The molecule has 0 saturated carbocycles. The van der Waals surface area contributed by atoms with Crippen molar-refractivity contribution in [1.82, 2.24) is 23.1 Å². The Kier molecular flexibility index (Phi) is 7.50. The average Bonchev–Trinajstić information content (AvgIpc) is 3.38. The van der Waals surface area contributed by atoms with Crippen LogP contribution in [0.3, 0.4) is 0 Å². The zero-order valence-electron chi connectivity index (χ0n) is 21.5. The highest BCUT2D eigenvalue weighted by atomic mass is 32.2. The second-order valence-corrected chi connectivity index (χ2v) is 11.5. The Morgan fingerprint density at radius 2 is 1.86 bits per heavy atom. The van der Waals surface area contributed by atoms with Gasteiger partial charge in [-0.25, -0.2) is 4.98 Å². The summed E-state index contributed by atoms with van der Waals surface area (Å²) >= 11 is 0. The molecular formula is C26H33N5O5S. The number of hydrogen-bond donors (Lipinski definition) is 0. The lowest BCUT2D eigenvalue weighted by molar-refractivity contribution is 0.0342. The Morgan fingerprint density at radius 1 is 1.05 bits per heavy atom. The molecule has 1 saturated heterocycles. The van der Waals surface area contributed by atoms with Crippen LogP contribution in [0.25, 0.3) is 17.1 Å². The van der Waals surface area contributed by atoms with E-state index < -0.39 is 10.2 Å². The molecule has 3 heterocycles. The number of benzene rings is 2. The van der Waals surface area contributed by atoms with Crippen LogP contribution in [-0.2, 0) is 28.0 Å². The van der Waals surface area contributed by atoms with Crippen molar-refractivity contribution in [1.29, 1.82) is 0 Å². The summed E-state index contributed by atoms with van der Waals surface area (Å²) in [6.07, 6.45) is 3.69. The van der Waals surface area contributed by atoms with Gasteiger partial charge in [0.1, 0.15) is 12.4 Å². The van der Waals surface area contributed by atoms with Gasteiger partial charge in [-0.1, -0.05) is 6.07 Å². The van der Waals surface area contributed by atoms with Crippen LogP contribution in [0.1, 0.15) is 11.1 Å². The number of nitrogens with zero attached hydrogens (tertiary/aromatic N) is 5. The molecule has 0 spiro atoms. The van der Waals surface area contributed by atoms with Gasteiger partial charge < -0.3 is 14.2 Å². The fraction of sp³-hybridized carbons (Fsp3) is 0.423. The normalized spacial score (nSPS) is 17.3. The second kappa shape index (κ2) is 10.8. The highest BCUT2D eigenvalue weighted by Gasteiger charge is 2.26. The van der Waals surface area contributed by atoms with Gasteiger partial charge in [0.2, 0.25) is 0 Å². The number of methoxy groups -OCH3 is 1. The van der Waals surface area contributed by atoms with E-state index in [9.17, 15) is 8.42 Å². The molecule has 2 aliphatic rings. The summed E-state index contributed by atoms with van der Waals surface area (Å²) in [5.41, 5.74) is 3.80. The van der Waals surface area contributed by atoms with E-state index in [1.54, 1.807) is 27.4 Å². The van der Waals surface area contributed by atoms with Crippen molar-refractivity contribution in [2.75, 3.05) is 60.7 Å². The third kappa shape index (κ3) is 5.51. The van der Waals surface area contributed by atoms with Crippen LogP contribution < -0.4 is 9.47 Å². The standard InChI is InChI=1S/C26H33N5O5S/c1-28(2)37(32,33)30-10-13-36-25-17-22(4-5-24(25)34-3)26-27-6-7-31(26)23-15-20(14-21(16-23)19-30)18-29-8-11-35-12-9-29/h4-7,14-17H,8-13,18-19H2,1-3H3. The van der Waals surface area contributed by atoms with Gasteiger partial charge in [-0.05, 0) is 41.5 Å². The minimum Gasteiger partial charge on any atom is -0.493 e. The molecule has 0 atom stereocenters. The molecule has 0 unspecified atom stereocenters. The smallest absolute Gasteiger partial charge is 0.281 e. The van der Waals surface area contributed by atoms with Crippen molar-refractivity contribution >= 4 is 10.2 Å². The monoisotopic (exact) mass is 527 g/mol. The Morgan fingerprint density at radius 3 is 2.62 bits per heavy atom. The van der Waals surface area contributed by atoms with E-state index in [-0.39, 0.29) is 19.7 Å². The number of morpholine rings is 1. The maximum Gasteiger partial charge on any atom is 0.281 e. The van der Waals surface area contributed by atoms with Crippen molar-refractivity contribution in [2.24, 2.45) is 0 Å². The zero-order valence-corrected chi connectivity index (χ0v) is 22.3. The molecule has 0 radical (unpaired) electrons. The van der Waals surface area contributed by atoms with Crippen LogP contribution in [0, 0.1) is 0 Å². The molecule has 1 aromatic heterocycles. The lowest BCUT2D eigenvalue weighted by atomic mass is 10.1. The van der Waals surface area contributed by atoms with Crippen LogP contribution >= 0.6 is 0 Å². The van der Waals surface area contributed by atoms with E-state index >= 15 is 0 Å². The fourth-order valence-corrected chi connectivity index (χ4v) is 5.78. The maximum atomic E-state index is 13.3. The zero-order chi connectivity index (χ0) is 26.0. The number of hydrogen-bond acceptors (Lipinski definition) is 7. The summed E-state index contributed by atoms with van der Waals surface area (Å²) in [6, 6.07) is 12.0. The highest BCUT2D eigenvalue weighted by Crippen LogP contribution is 2.33. The lowest BCUT2D eigenvalue weighted by Gasteiger charge is -2.28. The van der Waals surface area contributed by atoms with Gasteiger partial charge in [0.05, 0.1) is 20.3 Å². The van der Waals surface area contributed by atoms with E-state index in [0.717, 1.165) is 47.8 Å². The molecule has 5 rings (SSSR count). The summed E-state index contributed by atoms with van der Waals surface area (Å²) in [5.74, 6) is 1.88. The van der Waals surface area contributed by atoms with E-state index in [1.807, 2.05) is 35.0 Å². The molecule has 1 fully saturated rings. The second-order valence-electron chi connectivity index (χ2n) is 9.35. The van der Waals surface area contributed by atoms with Gasteiger partial charge in [-0.3, -0.25) is 9.47 Å². The molecule has 4 bridgehead atoms. The van der Waals surface area contributed by atoms with Crippen molar-refractivity contribution in [3.8, 4) is 28.6 Å². The van der Waals surface area contributed by atoms with Crippen LogP contribution in [0.2, 0.25) is 0 Å². The van der Waals surface area contributed by atoms with Crippen LogP contribution in [0.5, 0.6) is 11.5 Å². The van der Waals surface area contributed by atoms with Gasteiger partial charge >= 0.3 is 0 Å². The van der Waals surface area contributed by atoms with Crippen molar-refractivity contribution in [2.45, 2.75) is 13.1 Å². The van der Waals surface area contributed by atoms with Gasteiger partial charge in [-0.2, -0.15) is 17.0 Å². The minimum absolute atomic E-state index is 0.168. The van der Waals surface area contributed by atoms with Crippen molar-refractivity contribution in [3.63, 3.8) is 0 Å². The molecule has 10 nitrogen and oxygen atoms in total. The first kappa shape index (κ1) is 25.7. The predicted molar refractivity (Wildman–Crippen MR) is 140 cm³/mol. The quantitative estimate of drug-likeness (QED) is 0.503. The highest BCUT2D eigenvalue weighted by molar-refractivity contribution is 7.86. The Labute approximate surface area is 218 Å². The van der Waals surface area contributed by atoms with Crippen molar-refractivity contribution in [3.05, 3.63) is 59.9 Å². The topological polar surface area (TPSA) is 89.4 Å². The average molecular weight is 528 g/mol. The van der Waals surface area contributed by atoms with E-state index in [2.05, 4.69) is 22.0 Å². The Bertz CT molecular complexity index is 1350. The third-order valence-electron chi connectivity index (χ3n) is 6.63. The molecular weight excluding hydrogens is 494 g/mol.